The third kappa shape index (κ3) is 5.81. The van der Waals surface area contributed by atoms with E-state index in [-0.39, 0.29) is 12.0 Å². The number of aliphatic hydroxyl groups is 1. The van der Waals surface area contributed by atoms with Crippen LogP contribution >= 0.6 is 0 Å². The van der Waals surface area contributed by atoms with Crippen molar-refractivity contribution < 1.29 is 9.90 Å². The van der Waals surface area contributed by atoms with Crippen LogP contribution in [0.2, 0.25) is 0 Å². The number of rotatable bonds is 7. The summed E-state index contributed by atoms with van der Waals surface area (Å²) in [6.07, 6.45) is 9.49. The third-order valence-electron chi connectivity index (χ3n) is 7.61. The first-order chi connectivity index (χ1) is 19.5. The fourth-order valence-electron chi connectivity index (χ4n) is 5.54. The lowest BCUT2D eigenvalue weighted by Gasteiger charge is -2.29. The van der Waals surface area contributed by atoms with Crippen LogP contribution in [0.15, 0.2) is 85.5 Å². The lowest BCUT2D eigenvalue weighted by atomic mass is 10.0. The number of aryl methyl sites for hydroxylation is 1. The minimum Gasteiger partial charge on any atom is -0.393 e. The molecule has 0 aliphatic carbocycles. The van der Waals surface area contributed by atoms with Gasteiger partial charge in [-0.25, -0.2) is 0 Å². The fourth-order valence-corrected chi connectivity index (χ4v) is 5.54. The quantitative estimate of drug-likeness (QED) is 0.249. The Bertz CT molecular complexity index is 1640. The standard InChI is InChI=1S/C33H33N5O2/c1-22-32(33(40)37-28-15-24(17-35-20-28)13-23-5-3-2-4-6-23)30-16-26(7-8-31(30)36-22)27-14-25(18-34-19-27)21-38-11-9-29(39)10-12-38/h2-8,14-20,29,36,39H,9-13,21H2,1H3,(H,37,40). The maximum absolute atomic E-state index is 13.5. The molecule has 0 atom stereocenters. The molecule has 40 heavy (non-hydrogen) atoms. The van der Waals surface area contributed by atoms with E-state index in [1.54, 1.807) is 6.20 Å². The molecule has 0 unspecified atom stereocenters. The number of aliphatic hydroxyl groups excluding tert-OH is 1. The van der Waals surface area contributed by atoms with Crippen LogP contribution in [0.4, 0.5) is 5.69 Å². The Hall–Kier alpha value is -4.33. The van der Waals surface area contributed by atoms with Crippen molar-refractivity contribution in [2.75, 3.05) is 18.4 Å². The summed E-state index contributed by atoms with van der Waals surface area (Å²) in [4.78, 5) is 28.1. The van der Waals surface area contributed by atoms with Gasteiger partial charge >= 0.3 is 0 Å². The van der Waals surface area contributed by atoms with E-state index in [9.17, 15) is 9.90 Å². The highest BCUT2D eigenvalue weighted by Gasteiger charge is 2.19. The number of nitrogens with one attached hydrogen (secondary N) is 2. The number of carbonyl (C=O) groups excluding carboxylic acids is 1. The van der Waals surface area contributed by atoms with Gasteiger partial charge in [0.2, 0.25) is 0 Å². The van der Waals surface area contributed by atoms with E-state index >= 15 is 0 Å². The molecule has 1 fully saturated rings. The number of nitrogens with zero attached hydrogens (tertiary/aromatic N) is 3. The molecule has 0 saturated carbocycles. The number of hydrogen-bond donors (Lipinski definition) is 3. The van der Waals surface area contributed by atoms with Crippen molar-refractivity contribution >= 4 is 22.5 Å². The average Bonchev–Trinajstić information content (AvgIpc) is 3.30. The highest BCUT2D eigenvalue weighted by Crippen LogP contribution is 2.29. The SMILES string of the molecule is Cc1[nH]c2ccc(-c3cncc(CN4CCC(O)CC4)c3)cc2c1C(=O)Nc1cncc(Cc2ccccc2)c1. The molecule has 0 bridgehead atoms. The summed E-state index contributed by atoms with van der Waals surface area (Å²) in [5.74, 6) is -0.168. The van der Waals surface area contributed by atoms with Gasteiger partial charge in [-0.1, -0.05) is 36.4 Å². The molecule has 2 aromatic carbocycles. The summed E-state index contributed by atoms with van der Waals surface area (Å²) in [6, 6.07) is 20.5. The van der Waals surface area contributed by atoms with Crippen molar-refractivity contribution in [1.29, 1.82) is 0 Å². The number of carbonyl (C=O) groups is 1. The van der Waals surface area contributed by atoms with Gasteiger partial charge in [-0.3, -0.25) is 19.7 Å². The van der Waals surface area contributed by atoms with E-state index in [1.807, 2.05) is 55.8 Å². The molecule has 5 aromatic rings. The molecule has 3 N–H and O–H groups in total. The number of H-pyrrole nitrogens is 1. The molecule has 0 radical (unpaired) electrons. The number of fused-ring (bicyclic) bond motifs is 1. The number of anilines is 1. The first-order valence-electron chi connectivity index (χ1n) is 13.8. The van der Waals surface area contributed by atoms with Crippen molar-refractivity contribution in [3.63, 3.8) is 0 Å². The number of benzene rings is 2. The zero-order chi connectivity index (χ0) is 27.5. The van der Waals surface area contributed by atoms with Crippen molar-refractivity contribution in [1.82, 2.24) is 19.9 Å². The Kier molecular flexibility index (Phi) is 7.40. The summed E-state index contributed by atoms with van der Waals surface area (Å²) in [6.45, 7) is 4.52. The van der Waals surface area contributed by atoms with Crippen molar-refractivity contribution in [2.24, 2.45) is 0 Å². The lowest BCUT2D eigenvalue weighted by Crippen LogP contribution is -2.35. The van der Waals surface area contributed by atoms with Crippen LogP contribution in [0.25, 0.3) is 22.0 Å². The Morgan fingerprint density at radius 1 is 0.925 bits per heavy atom. The van der Waals surface area contributed by atoms with Crippen LogP contribution in [0.1, 0.15) is 45.6 Å². The predicted octanol–water partition coefficient (Wildman–Crippen LogP) is 5.73. The van der Waals surface area contributed by atoms with Gasteiger partial charge in [-0.15, -0.1) is 0 Å². The van der Waals surface area contributed by atoms with E-state index < -0.39 is 0 Å². The van der Waals surface area contributed by atoms with Crippen LogP contribution in [0, 0.1) is 6.92 Å². The second-order valence-electron chi connectivity index (χ2n) is 10.7. The summed E-state index contributed by atoms with van der Waals surface area (Å²) < 4.78 is 0. The molecule has 1 aliphatic heterocycles. The first kappa shape index (κ1) is 25.9. The molecule has 1 amide bonds. The maximum Gasteiger partial charge on any atom is 0.258 e. The summed E-state index contributed by atoms with van der Waals surface area (Å²) in [5.41, 5.74) is 8.42. The molecule has 1 saturated heterocycles. The number of amides is 1. The lowest BCUT2D eigenvalue weighted by molar-refractivity contribution is 0.0792. The van der Waals surface area contributed by atoms with Gasteiger partial charge in [0.05, 0.1) is 23.6 Å². The topological polar surface area (TPSA) is 94.1 Å². The van der Waals surface area contributed by atoms with Gasteiger partial charge < -0.3 is 15.4 Å². The zero-order valence-corrected chi connectivity index (χ0v) is 22.6. The van der Waals surface area contributed by atoms with Gasteiger partial charge in [0.1, 0.15) is 0 Å². The molecule has 4 heterocycles. The van der Waals surface area contributed by atoms with Gasteiger partial charge in [-0.05, 0) is 72.7 Å². The molecular weight excluding hydrogens is 498 g/mol. The molecule has 6 rings (SSSR count). The van der Waals surface area contributed by atoms with Crippen molar-refractivity contribution in [3.05, 3.63) is 113 Å². The first-order valence-corrected chi connectivity index (χ1v) is 13.8. The molecule has 3 aromatic heterocycles. The number of hydrogen-bond acceptors (Lipinski definition) is 5. The van der Waals surface area contributed by atoms with Crippen LogP contribution in [-0.2, 0) is 13.0 Å². The molecule has 0 spiro atoms. The number of pyridine rings is 2. The summed E-state index contributed by atoms with van der Waals surface area (Å²) in [7, 11) is 0. The predicted molar refractivity (Wildman–Crippen MR) is 158 cm³/mol. The maximum atomic E-state index is 13.5. The Morgan fingerprint density at radius 3 is 2.52 bits per heavy atom. The second-order valence-corrected chi connectivity index (χ2v) is 10.7. The van der Waals surface area contributed by atoms with Gasteiger partial charge in [0.25, 0.3) is 5.91 Å². The van der Waals surface area contributed by atoms with Gasteiger partial charge in [0.15, 0.2) is 0 Å². The highest BCUT2D eigenvalue weighted by molar-refractivity contribution is 6.14. The Morgan fingerprint density at radius 2 is 1.70 bits per heavy atom. The fraction of sp³-hybridized carbons (Fsp3) is 0.242. The number of aromatic nitrogens is 3. The molecule has 7 heteroatoms. The molecule has 202 valence electrons. The van der Waals surface area contributed by atoms with E-state index in [1.165, 1.54) is 5.56 Å². The van der Waals surface area contributed by atoms with E-state index in [4.69, 9.17) is 0 Å². The number of likely N-dealkylation sites (tertiary alicyclic amines) is 1. The Balaban J connectivity index is 1.23. The van der Waals surface area contributed by atoms with Crippen LogP contribution in [-0.4, -0.2) is 50.1 Å². The van der Waals surface area contributed by atoms with E-state index in [2.05, 4.69) is 55.5 Å². The highest BCUT2D eigenvalue weighted by atomic mass is 16.3. The van der Waals surface area contributed by atoms with Gasteiger partial charge in [-0.2, -0.15) is 0 Å². The van der Waals surface area contributed by atoms with Gasteiger partial charge in [0, 0.05) is 60.4 Å². The number of aromatic amines is 1. The molecular formula is C33H33N5O2. The smallest absolute Gasteiger partial charge is 0.258 e. The van der Waals surface area contributed by atoms with Crippen LogP contribution in [0.5, 0.6) is 0 Å². The van der Waals surface area contributed by atoms with Crippen LogP contribution in [0.3, 0.4) is 0 Å². The third-order valence-corrected chi connectivity index (χ3v) is 7.61. The van der Waals surface area contributed by atoms with Crippen molar-refractivity contribution in [3.8, 4) is 11.1 Å². The minimum atomic E-state index is -0.182. The minimum absolute atomic E-state index is 0.168. The summed E-state index contributed by atoms with van der Waals surface area (Å²) >= 11 is 0. The largest absolute Gasteiger partial charge is 0.393 e. The second kappa shape index (κ2) is 11.4. The monoisotopic (exact) mass is 531 g/mol. The van der Waals surface area contributed by atoms with Crippen molar-refractivity contribution in [2.45, 2.75) is 38.8 Å². The molecule has 1 aliphatic rings. The Labute approximate surface area is 233 Å². The average molecular weight is 532 g/mol. The molecule has 7 nitrogen and oxygen atoms in total. The van der Waals surface area contributed by atoms with Crippen LogP contribution < -0.4 is 5.32 Å². The number of piperidine rings is 1. The van der Waals surface area contributed by atoms with E-state index in [0.29, 0.717) is 11.3 Å². The normalized spacial score (nSPS) is 14.4. The summed E-state index contributed by atoms with van der Waals surface area (Å²) in [5, 5.41) is 13.7. The van der Waals surface area contributed by atoms with E-state index in [0.717, 1.165) is 77.7 Å². The zero-order valence-electron chi connectivity index (χ0n) is 22.6.